The molecule has 1 aliphatic carbocycles. The molecular formula is C39H42N2+2. The van der Waals surface area contributed by atoms with Crippen LogP contribution in [0.1, 0.15) is 75.6 Å². The number of nitrogens with zero attached hydrogens (tertiary/aromatic N) is 2. The van der Waals surface area contributed by atoms with E-state index in [9.17, 15) is 0 Å². The normalized spacial score (nSPS) is 13.2. The summed E-state index contributed by atoms with van der Waals surface area (Å²) in [5.41, 5.74) is 13.2. The Kier molecular flexibility index (Phi) is 7.58. The molecule has 5 aromatic rings. The number of aromatic nitrogens is 2. The summed E-state index contributed by atoms with van der Waals surface area (Å²) < 4.78 is 4.48. The Hall–Kier alpha value is -4.04. The lowest BCUT2D eigenvalue weighted by molar-refractivity contribution is -0.596. The molecule has 0 fully saturated rings. The minimum Gasteiger partial charge on any atom is -0.167 e. The van der Waals surface area contributed by atoms with E-state index in [1.165, 1.54) is 81.6 Å². The van der Waals surface area contributed by atoms with Crippen LogP contribution in [-0.2, 0) is 18.3 Å². The smallest absolute Gasteiger partial charge is 0.167 e. The van der Waals surface area contributed by atoms with E-state index in [0.29, 0.717) is 0 Å². The minimum atomic E-state index is -0.0705. The van der Waals surface area contributed by atoms with E-state index >= 15 is 0 Å². The van der Waals surface area contributed by atoms with Crippen LogP contribution in [0.2, 0.25) is 0 Å². The minimum absolute atomic E-state index is 0.0705. The van der Waals surface area contributed by atoms with E-state index in [0.717, 1.165) is 12.8 Å². The number of pyridine rings is 2. The maximum absolute atomic E-state index is 2.41. The molecule has 2 aromatic heterocycles. The maximum atomic E-state index is 2.41. The molecule has 2 heterocycles. The summed E-state index contributed by atoms with van der Waals surface area (Å²) in [6.45, 7) is 9.23. The van der Waals surface area contributed by atoms with Crippen molar-refractivity contribution >= 4 is 0 Å². The van der Waals surface area contributed by atoms with E-state index in [-0.39, 0.29) is 5.41 Å². The molecule has 2 nitrogen and oxygen atoms in total. The Balaban J connectivity index is 1.25. The zero-order chi connectivity index (χ0) is 28.4. The highest BCUT2D eigenvalue weighted by molar-refractivity contribution is 5.82. The lowest BCUT2D eigenvalue weighted by Crippen LogP contribution is -2.32. The topological polar surface area (TPSA) is 7.76 Å². The average Bonchev–Trinajstić information content (AvgIpc) is 3.25. The summed E-state index contributed by atoms with van der Waals surface area (Å²) in [6, 6.07) is 31.8. The van der Waals surface area contributed by atoms with Gasteiger partial charge in [0.25, 0.3) is 0 Å². The Morgan fingerprint density at radius 3 is 1.66 bits per heavy atom. The summed E-state index contributed by atoms with van der Waals surface area (Å²) in [6.07, 6.45) is 16.2. The fraction of sp³-hybridized carbons (Fsp3) is 0.282. The Bertz CT molecular complexity index is 1640. The Morgan fingerprint density at radius 2 is 1.07 bits per heavy atom. The van der Waals surface area contributed by atoms with Gasteiger partial charge in [-0.3, -0.25) is 0 Å². The van der Waals surface area contributed by atoms with Gasteiger partial charge in [0.05, 0.1) is 0 Å². The first-order chi connectivity index (χ1) is 20.0. The van der Waals surface area contributed by atoms with E-state index in [2.05, 4.69) is 147 Å². The molecule has 0 radical (unpaired) electrons. The van der Waals surface area contributed by atoms with Crippen LogP contribution in [0.25, 0.3) is 33.6 Å². The van der Waals surface area contributed by atoms with Crippen LogP contribution >= 0.6 is 0 Å². The molecule has 0 aliphatic heterocycles. The van der Waals surface area contributed by atoms with Gasteiger partial charge < -0.3 is 0 Å². The number of aryl methyl sites for hydroxylation is 2. The number of hydrogen-bond donors (Lipinski definition) is 0. The van der Waals surface area contributed by atoms with Gasteiger partial charge in [-0.1, -0.05) is 76.9 Å². The number of benzene rings is 3. The molecule has 0 bridgehead atoms. The first-order valence-corrected chi connectivity index (χ1v) is 15.4. The molecule has 206 valence electrons. The number of fused-ring (bicyclic) bond motifs is 3. The highest BCUT2D eigenvalue weighted by Crippen LogP contribution is 2.49. The molecule has 1 aliphatic rings. The zero-order valence-corrected chi connectivity index (χ0v) is 25.0. The van der Waals surface area contributed by atoms with Crippen molar-refractivity contribution in [2.75, 3.05) is 0 Å². The van der Waals surface area contributed by atoms with Crippen molar-refractivity contribution in [1.29, 1.82) is 0 Å². The molecular weight excluding hydrogens is 496 g/mol. The molecule has 41 heavy (non-hydrogen) atoms. The van der Waals surface area contributed by atoms with Gasteiger partial charge >= 0.3 is 0 Å². The fourth-order valence-electron chi connectivity index (χ4n) is 6.23. The molecule has 0 N–H and O–H groups in total. The van der Waals surface area contributed by atoms with Crippen LogP contribution in [0.5, 0.6) is 0 Å². The number of unbranched alkanes of at least 4 members (excludes halogenated alkanes) is 2. The molecule has 0 atom stereocenters. The standard InChI is InChI=1S/C39H42N2/c1-5-7-9-29-11-16-33(17-12-29)40-24-21-31(22-25-40)32-15-20-35-36-23-26-41(28-38(36)39(3,4)37(35)27-32)34-18-13-30(14-19-34)10-8-6-2/h11-28H,5-10H2,1-4H3/q+2. The van der Waals surface area contributed by atoms with Crippen LogP contribution in [0, 0.1) is 0 Å². The largest absolute Gasteiger partial charge is 0.210 e. The van der Waals surface area contributed by atoms with Gasteiger partial charge in [0.2, 0.25) is 11.4 Å². The second-order valence-corrected chi connectivity index (χ2v) is 12.1. The maximum Gasteiger partial charge on any atom is 0.210 e. The molecule has 0 saturated heterocycles. The third kappa shape index (κ3) is 5.36. The third-order valence-corrected chi connectivity index (χ3v) is 8.89. The monoisotopic (exact) mass is 538 g/mol. The average molecular weight is 539 g/mol. The van der Waals surface area contributed by atoms with Gasteiger partial charge in [0, 0.05) is 53.4 Å². The second-order valence-electron chi connectivity index (χ2n) is 12.1. The number of rotatable bonds is 9. The predicted octanol–water partition coefficient (Wildman–Crippen LogP) is 8.90. The van der Waals surface area contributed by atoms with Gasteiger partial charge in [-0.25, -0.2) is 0 Å². The van der Waals surface area contributed by atoms with E-state index in [1.807, 2.05) is 0 Å². The van der Waals surface area contributed by atoms with Crippen LogP contribution in [0.4, 0.5) is 0 Å². The van der Waals surface area contributed by atoms with Crippen LogP contribution < -0.4 is 9.13 Å². The number of hydrogen-bond acceptors (Lipinski definition) is 0. The third-order valence-electron chi connectivity index (χ3n) is 8.89. The summed E-state index contributed by atoms with van der Waals surface area (Å²) in [5, 5.41) is 0. The lowest BCUT2D eigenvalue weighted by Gasteiger charge is -2.20. The van der Waals surface area contributed by atoms with Gasteiger partial charge in [-0.05, 0) is 70.7 Å². The molecule has 0 unspecified atom stereocenters. The van der Waals surface area contributed by atoms with Crippen LogP contribution in [-0.4, -0.2) is 0 Å². The SMILES string of the molecule is CCCCc1ccc(-[n+]2ccc(-c3ccc4c(c3)C(C)(C)c3c[n+](-c5ccc(CCCC)cc5)ccc3-4)cc2)cc1. The van der Waals surface area contributed by atoms with E-state index < -0.39 is 0 Å². The van der Waals surface area contributed by atoms with Gasteiger partial charge in [0.15, 0.2) is 24.8 Å². The van der Waals surface area contributed by atoms with Crippen LogP contribution in [0.3, 0.4) is 0 Å². The van der Waals surface area contributed by atoms with Gasteiger partial charge in [-0.2, -0.15) is 9.13 Å². The molecule has 2 heteroatoms. The summed E-state index contributed by atoms with van der Waals surface area (Å²) in [5.74, 6) is 0. The van der Waals surface area contributed by atoms with Crippen molar-refractivity contribution in [2.45, 2.75) is 71.6 Å². The molecule has 0 amide bonds. The Labute approximate surface area is 246 Å². The molecule has 0 saturated carbocycles. The second kappa shape index (κ2) is 11.4. The van der Waals surface area contributed by atoms with E-state index in [1.54, 1.807) is 0 Å². The highest BCUT2D eigenvalue weighted by Gasteiger charge is 2.38. The van der Waals surface area contributed by atoms with Crippen molar-refractivity contribution in [3.05, 3.63) is 132 Å². The quantitative estimate of drug-likeness (QED) is 0.166. The molecule has 0 spiro atoms. The highest BCUT2D eigenvalue weighted by atomic mass is 14.9. The summed E-state index contributed by atoms with van der Waals surface area (Å²) >= 11 is 0. The van der Waals surface area contributed by atoms with Crippen molar-refractivity contribution in [3.8, 4) is 33.6 Å². The summed E-state index contributed by atoms with van der Waals surface area (Å²) in [4.78, 5) is 0. The fourth-order valence-corrected chi connectivity index (χ4v) is 6.23. The van der Waals surface area contributed by atoms with Gasteiger partial charge in [0.1, 0.15) is 0 Å². The van der Waals surface area contributed by atoms with Crippen molar-refractivity contribution in [1.82, 2.24) is 0 Å². The van der Waals surface area contributed by atoms with Crippen molar-refractivity contribution in [2.24, 2.45) is 0 Å². The van der Waals surface area contributed by atoms with Crippen molar-refractivity contribution in [3.63, 3.8) is 0 Å². The van der Waals surface area contributed by atoms with Gasteiger partial charge in [-0.15, -0.1) is 0 Å². The summed E-state index contributed by atoms with van der Waals surface area (Å²) in [7, 11) is 0. The zero-order valence-electron chi connectivity index (χ0n) is 25.0. The molecule has 6 rings (SSSR count). The van der Waals surface area contributed by atoms with Crippen LogP contribution in [0.15, 0.2) is 110 Å². The first-order valence-electron chi connectivity index (χ1n) is 15.4. The van der Waals surface area contributed by atoms with Crippen molar-refractivity contribution < 1.29 is 9.13 Å². The first kappa shape index (κ1) is 27.1. The molecule has 3 aromatic carbocycles. The predicted molar refractivity (Wildman–Crippen MR) is 170 cm³/mol. The lowest BCUT2D eigenvalue weighted by atomic mass is 9.82. The Morgan fingerprint density at radius 1 is 0.537 bits per heavy atom. The van der Waals surface area contributed by atoms with E-state index in [4.69, 9.17) is 0 Å².